The van der Waals surface area contributed by atoms with Gasteiger partial charge in [0.2, 0.25) is 0 Å². The highest BCUT2D eigenvalue weighted by molar-refractivity contribution is 5.78. The molecule has 0 fully saturated rings. The van der Waals surface area contributed by atoms with Crippen molar-refractivity contribution in [1.82, 2.24) is 4.98 Å². The molecule has 0 amide bonds. The van der Waals surface area contributed by atoms with Crippen LogP contribution in [0.15, 0.2) is 54.6 Å². The lowest BCUT2D eigenvalue weighted by Gasteiger charge is -2.29. The largest absolute Gasteiger partial charge is 0.253 e. The van der Waals surface area contributed by atoms with Gasteiger partial charge in [0, 0.05) is 17.0 Å². The van der Waals surface area contributed by atoms with Crippen LogP contribution in [0.1, 0.15) is 96.0 Å². The molecular formula is C28H37N. The monoisotopic (exact) mass is 387 g/mol. The number of fused-ring (bicyclic) bond motifs is 1. The van der Waals surface area contributed by atoms with Crippen LogP contribution >= 0.6 is 0 Å². The summed E-state index contributed by atoms with van der Waals surface area (Å²) in [6, 6.07) is 20.1. The lowest BCUT2D eigenvalue weighted by molar-refractivity contribution is 0.534. The molecule has 3 rings (SSSR count). The summed E-state index contributed by atoms with van der Waals surface area (Å²) in [5.41, 5.74) is 6.86. The Balaban J connectivity index is 2.07. The first-order valence-electron chi connectivity index (χ1n) is 11.0. The van der Waals surface area contributed by atoms with Crippen molar-refractivity contribution >= 4 is 10.9 Å². The molecule has 1 aromatic heterocycles. The van der Waals surface area contributed by atoms with E-state index in [0.717, 1.165) is 11.9 Å². The average molecular weight is 388 g/mol. The second-order valence-electron chi connectivity index (χ2n) is 10.6. The SMILES string of the molecule is CC[C@@H](c1ccc2ccccc2n1)[C@@H](C)c1cc(C(C)(C)C)cc(C(C)(C)C)c1. The van der Waals surface area contributed by atoms with Crippen LogP contribution in [0.3, 0.4) is 0 Å². The predicted molar refractivity (Wildman–Crippen MR) is 127 cm³/mol. The van der Waals surface area contributed by atoms with E-state index in [-0.39, 0.29) is 10.8 Å². The Kier molecular flexibility index (Phi) is 5.90. The number of hydrogen-bond acceptors (Lipinski definition) is 1. The Hall–Kier alpha value is -2.15. The summed E-state index contributed by atoms with van der Waals surface area (Å²) >= 11 is 0. The zero-order valence-corrected chi connectivity index (χ0v) is 19.5. The Bertz CT molecular complexity index is 953. The minimum Gasteiger partial charge on any atom is -0.253 e. The molecule has 1 nitrogen and oxygen atoms in total. The van der Waals surface area contributed by atoms with E-state index in [1.165, 1.54) is 27.8 Å². The third kappa shape index (κ3) is 4.71. The molecule has 1 heteroatoms. The van der Waals surface area contributed by atoms with E-state index >= 15 is 0 Å². The normalized spacial score (nSPS) is 14.8. The zero-order chi connectivity index (χ0) is 21.4. The van der Waals surface area contributed by atoms with Gasteiger partial charge in [-0.1, -0.05) is 97.9 Å². The van der Waals surface area contributed by atoms with Gasteiger partial charge in [0.25, 0.3) is 0 Å². The van der Waals surface area contributed by atoms with Crippen LogP contribution in [0.2, 0.25) is 0 Å². The van der Waals surface area contributed by atoms with Crippen LogP contribution in [0, 0.1) is 0 Å². The van der Waals surface area contributed by atoms with Gasteiger partial charge in [-0.3, -0.25) is 4.98 Å². The first-order chi connectivity index (χ1) is 13.5. The molecule has 0 aliphatic heterocycles. The summed E-state index contributed by atoms with van der Waals surface area (Å²) in [5, 5.41) is 1.21. The highest BCUT2D eigenvalue weighted by atomic mass is 14.7. The van der Waals surface area contributed by atoms with E-state index in [4.69, 9.17) is 4.98 Å². The minimum absolute atomic E-state index is 0.138. The quantitative estimate of drug-likeness (QED) is 0.440. The maximum atomic E-state index is 5.04. The topological polar surface area (TPSA) is 12.9 Å². The van der Waals surface area contributed by atoms with Crippen molar-refractivity contribution in [2.45, 2.75) is 84.5 Å². The molecule has 2 aromatic carbocycles. The molecule has 0 N–H and O–H groups in total. The van der Waals surface area contributed by atoms with E-state index in [9.17, 15) is 0 Å². The number of aromatic nitrogens is 1. The maximum absolute atomic E-state index is 5.04. The minimum atomic E-state index is 0.138. The van der Waals surface area contributed by atoms with Crippen LogP contribution in [0.5, 0.6) is 0 Å². The molecule has 1 heterocycles. The van der Waals surface area contributed by atoms with Crippen molar-refractivity contribution < 1.29 is 0 Å². The number of para-hydroxylation sites is 1. The van der Waals surface area contributed by atoms with Gasteiger partial charge in [0.15, 0.2) is 0 Å². The summed E-state index contributed by atoms with van der Waals surface area (Å²) in [6.07, 6.45) is 1.08. The van der Waals surface area contributed by atoms with E-state index in [1.807, 2.05) is 0 Å². The molecule has 0 spiro atoms. The molecule has 154 valence electrons. The van der Waals surface area contributed by atoms with Crippen molar-refractivity contribution in [2.24, 2.45) is 0 Å². The number of pyridine rings is 1. The fraction of sp³-hybridized carbons (Fsp3) is 0.464. The molecule has 0 aliphatic rings. The van der Waals surface area contributed by atoms with Gasteiger partial charge < -0.3 is 0 Å². The molecule has 0 saturated carbocycles. The molecular weight excluding hydrogens is 350 g/mol. The van der Waals surface area contributed by atoms with Crippen LogP contribution in [-0.4, -0.2) is 4.98 Å². The van der Waals surface area contributed by atoms with Crippen LogP contribution in [0.4, 0.5) is 0 Å². The molecule has 3 aromatic rings. The summed E-state index contributed by atoms with van der Waals surface area (Å²) in [7, 11) is 0. The summed E-state index contributed by atoms with van der Waals surface area (Å²) in [4.78, 5) is 5.04. The Morgan fingerprint density at radius 2 is 1.38 bits per heavy atom. The van der Waals surface area contributed by atoms with Gasteiger partial charge >= 0.3 is 0 Å². The van der Waals surface area contributed by atoms with Gasteiger partial charge in [0.05, 0.1) is 5.52 Å². The van der Waals surface area contributed by atoms with E-state index < -0.39 is 0 Å². The van der Waals surface area contributed by atoms with Crippen LogP contribution in [-0.2, 0) is 10.8 Å². The van der Waals surface area contributed by atoms with Gasteiger partial charge in [-0.25, -0.2) is 0 Å². The van der Waals surface area contributed by atoms with Crippen LogP contribution in [0.25, 0.3) is 10.9 Å². The first-order valence-corrected chi connectivity index (χ1v) is 11.0. The molecule has 29 heavy (non-hydrogen) atoms. The number of hydrogen-bond donors (Lipinski definition) is 0. The summed E-state index contributed by atoms with van der Waals surface area (Å²) in [6.45, 7) is 18.5. The van der Waals surface area contributed by atoms with E-state index in [2.05, 4.69) is 110 Å². The van der Waals surface area contributed by atoms with Gasteiger partial charge in [-0.05, 0) is 52.0 Å². The van der Waals surface area contributed by atoms with Crippen molar-refractivity contribution in [3.8, 4) is 0 Å². The van der Waals surface area contributed by atoms with E-state index in [1.54, 1.807) is 0 Å². The second-order valence-corrected chi connectivity index (χ2v) is 10.6. The van der Waals surface area contributed by atoms with Gasteiger partial charge in [0.1, 0.15) is 0 Å². The fourth-order valence-electron chi connectivity index (χ4n) is 4.12. The van der Waals surface area contributed by atoms with Gasteiger partial charge in [-0.15, -0.1) is 0 Å². The van der Waals surface area contributed by atoms with Crippen molar-refractivity contribution in [2.75, 3.05) is 0 Å². The zero-order valence-electron chi connectivity index (χ0n) is 19.5. The highest BCUT2D eigenvalue weighted by Gasteiger charge is 2.26. The second kappa shape index (κ2) is 7.94. The predicted octanol–water partition coefficient (Wildman–Crippen LogP) is 8.13. The van der Waals surface area contributed by atoms with Crippen molar-refractivity contribution in [3.05, 3.63) is 77.0 Å². The Labute approximate surface area is 177 Å². The van der Waals surface area contributed by atoms with Crippen molar-refractivity contribution in [1.29, 1.82) is 0 Å². The summed E-state index contributed by atoms with van der Waals surface area (Å²) in [5.74, 6) is 0.819. The molecule has 0 bridgehead atoms. The van der Waals surface area contributed by atoms with Crippen LogP contribution < -0.4 is 0 Å². The third-order valence-electron chi connectivity index (χ3n) is 6.26. The molecule has 2 atom stereocenters. The number of rotatable bonds is 4. The van der Waals surface area contributed by atoms with Gasteiger partial charge in [-0.2, -0.15) is 0 Å². The molecule has 0 saturated heterocycles. The molecule has 0 radical (unpaired) electrons. The lowest BCUT2D eigenvalue weighted by atomic mass is 9.75. The number of nitrogens with zero attached hydrogens (tertiary/aromatic N) is 1. The lowest BCUT2D eigenvalue weighted by Crippen LogP contribution is -2.18. The van der Waals surface area contributed by atoms with E-state index in [0.29, 0.717) is 11.8 Å². The average Bonchev–Trinajstić information content (AvgIpc) is 2.66. The smallest absolute Gasteiger partial charge is 0.0705 e. The highest BCUT2D eigenvalue weighted by Crippen LogP contribution is 2.39. The first kappa shape index (κ1) is 21.6. The molecule has 0 aliphatic carbocycles. The maximum Gasteiger partial charge on any atom is 0.0705 e. The standard InChI is InChI=1S/C28H37N/c1-9-24(26-15-14-20-12-10-11-13-25(20)29-26)19(2)21-16-22(27(3,4)5)18-23(17-21)28(6,7)8/h10-19,24H,9H2,1-8H3/t19-,24+/m0/s1. The Morgan fingerprint density at radius 1 is 0.793 bits per heavy atom. The fourth-order valence-corrected chi connectivity index (χ4v) is 4.12. The summed E-state index contributed by atoms with van der Waals surface area (Å²) < 4.78 is 0. The third-order valence-corrected chi connectivity index (χ3v) is 6.26. The van der Waals surface area contributed by atoms with Crippen molar-refractivity contribution in [3.63, 3.8) is 0 Å². The number of benzene rings is 2. The Morgan fingerprint density at radius 3 is 1.93 bits per heavy atom. The molecule has 0 unspecified atom stereocenters.